The van der Waals surface area contributed by atoms with E-state index in [1.807, 2.05) is 36.0 Å². The van der Waals surface area contributed by atoms with Crippen LogP contribution in [0.5, 0.6) is 0 Å². The highest BCUT2D eigenvalue weighted by Crippen LogP contribution is 2.17. The normalized spacial score (nSPS) is 13.3. The first kappa shape index (κ1) is 13.6. The lowest BCUT2D eigenvalue weighted by molar-refractivity contribution is 0.0649. The number of benzene rings is 1. The molecule has 19 heavy (non-hydrogen) atoms. The van der Waals surface area contributed by atoms with E-state index in [1.54, 1.807) is 20.0 Å². The number of hydrogen-bond donors (Lipinski definition) is 2. The molecule has 0 bridgehead atoms. The van der Waals surface area contributed by atoms with E-state index < -0.39 is 5.60 Å². The van der Waals surface area contributed by atoms with Gasteiger partial charge < -0.3 is 10.4 Å². The molecule has 102 valence electrons. The highest BCUT2D eigenvalue weighted by atomic mass is 16.3. The van der Waals surface area contributed by atoms with Crippen molar-refractivity contribution in [3.63, 3.8) is 0 Å². The zero-order chi connectivity index (χ0) is 13.9. The van der Waals surface area contributed by atoms with Crippen molar-refractivity contribution < 1.29 is 5.11 Å². The van der Waals surface area contributed by atoms with Crippen LogP contribution in [0, 0.1) is 0 Å². The smallest absolute Gasteiger partial charge is 0.0789 e. The molecular formula is C15H21N3O. The molecular weight excluding hydrogens is 238 g/mol. The van der Waals surface area contributed by atoms with Gasteiger partial charge in [0.1, 0.15) is 0 Å². The van der Waals surface area contributed by atoms with Crippen LogP contribution in [0.1, 0.15) is 26.3 Å². The Bertz CT molecular complexity index is 514. The van der Waals surface area contributed by atoms with Gasteiger partial charge in [0.25, 0.3) is 0 Å². The van der Waals surface area contributed by atoms with Gasteiger partial charge in [-0.05, 0) is 44.5 Å². The second kappa shape index (κ2) is 5.45. The molecule has 2 rings (SSSR count). The molecule has 0 aliphatic rings. The molecule has 0 aliphatic heterocycles. The Kier molecular flexibility index (Phi) is 3.90. The van der Waals surface area contributed by atoms with Crippen LogP contribution in [-0.2, 0) is 6.54 Å². The molecule has 0 spiro atoms. The van der Waals surface area contributed by atoms with Crippen LogP contribution >= 0.6 is 0 Å². The van der Waals surface area contributed by atoms with Gasteiger partial charge in [0, 0.05) is 18.1 Å². The fraction of sp³-hybridized carbons (Fsp3) is 0.400. The van der Waals surface area contributed by atoms with Crippen molar-refractivity contribution in [1.29, 1.82) is 0 Å². The van der Waals surface area contributed by atoms with E-state index in [0.29, 0.717) is 0 Å². The van der Waals surface area contributed by atoms with Crippen molar-refractivity contribution in [2.75, 3.05) is 5.32 Å². The van der Waals surface area contributed by atoms with Crippen LogP contribution in [0.3, 0.4) is 0 Å². The van der Waals surface area contributed by atoms with E-state index in [1.165, 1.54) is 5.56 Å². The van der Waals surface area contributed by atoms with Crippen molar-refractivity contribution in [2.24, 2.45) is 0 Å². The van der Waals surface area contributed by atoms with Crippen molar-refractivity contribution >= 4 is 5.69 Å². The van der Waals surface area contributed by atoms with Gasteiger partial charge in [0.05, 0.1) is 18.2 Å². The Labute approximate surface area is 114 Å². The lowest BCUT2D eigenvalue weighted by Crippen LogP contribution is -2.39. The monoisotopic (exact) mass is 259 g/mol. The zero-order valence-electron chi connectivity index (χ0n) is 11.7. The predicted octanol–water partition coefficient (Wildman–Crippen LogP) is 2.50. The van der Waals surface area contributed by atoms with Crippen molar-refractivity contribution in [2.45, 2.75) is 39.0 Å². The number of anilines is 1. The van der Waals surface area contributed by atoms with Crippen LogP contribution < -0.4 is 5.32 Å². The fourth-order valence-corrected chi connectivity index (χ4v) is 1.77. The number of hydrogen-bond acceptors (Lipinski definition) is 3. The summed E-state index contributed by atoms with van der Waals surface area (Å²) in [7, 11) is 0. The summed E-state index contributed by atoms with van der Waals surface area (Å²) >= 11 is 0. The fourth-order valence-electron chi connectivity index (χ4n) is 1.77. The molecule has 2 N–H and O–H groups in total. The van der Waals surface area contributed by atoms with E-state index in [2.05, 4.69) is 22.5 Å². The Morgan fingerprint density at radius 3 is 2.79 bits per heavy atom. The van der Waals surface area contributed by atoms with E-state index >= 15 is 0 Å². The molecule has 0 aliphatic carbocycles. The Balaban J connectivity index is 2.07. The van der Waals surface area contributed by atoms with Gasteiger partial charge in [0.2, 0.25) is 0 Å². The number of nitrogens with zero attached hydrogens (tertiary/aromatic N) is 2. The summed E-state index contributed by atoms with van der Waals surface area (Å²) in [5.74, 6) is 0. The van der Waals surface area contributed by atoms with Gasteiger partial charge in [-0.15, -0.1) is 0 Å². The van der Waals surface area contributed by atoms with E-state index in [-0.39, 0.29) is 6.04 Å². The average Bonchev–Trinajstić information content (AvgIpc) is 2.81. The summed E-state index contributed by atoms with van der Waals surface area (Å²) < 4.78 is 1.89. The van der Waals surface area contributed by atoms with Crippen LogP contribution in [0.15, 0.2) is 42.7 Å². The number of nitrogens with one attached hydrogen (secondary N) is 1. The molecule has 1 aromatic carbocycles. The summed E-state index contributed by atoms with van der Waals surface area (Å²) in [6.07, 6.45) is 3.72. The van der Waals surface area contributed by atoms with Crippen LogP contribution in [0.25, 0.3) is 0 Å². The summed E-state index contributed by atoms with van der Waals surface area (Å²) in [5.41, 5.74) is 1.44. The van der Waals surface area contributed by atoms with Gasteiger partial charge in [-0.25, -0.2) is 0 Å². The second-order valence-corrected chi connectivity index (χ2v) is 5.42. The molecule has 0 saturated heterocycles. The van der Waals surface area contributed by atoms with Crippen LogP contribution in [0.2, 0.25) is 0 Å². The molecule has 4 heteroatoms. The predicted molar refractivity (Wildman–Crippen MR) is 77.2 cm³/mol. The molecule has 0 saturated carbocycles. The summed E-state index contributed by atoms with van der Waals surface area (Å²) in [6.45, 7) is 6.33. The number of aliphatic hydroxyl groups is 1. The largest absolute Gasteiger partial charge is 0.388 e. The third-order valence-electron chi connectivity index (χ3n) is 3.27. The molecule has 1 heterocycles. The minimum Gasteiger partial charge on any atom is -0.388 e. The van der Waals surface area contributed by atoms with Crippen molar-refractivity contribution in [3.8, 4) is 0 Å². The lowest BCUT2D eigenvalue weighted by atomic mass is 10.0. The van der Waals surface area contributed by atoms with E-state index in [0.717, 1.165) is 12.2 Å². The molecule has 0 radical (unpaired) electrons. The molecule has 0 fully saturated rings. The van der Waals surface area contributed by atoms with Crippen molar-refractivity contribution in [1.82, 2.24) is 9.78 Å². The van der Waals surface area contributed by atoms with Gasteiger partial charge in [-0.2, -0.15) is 5.10 Å². The first-order valence-electron chi connectivity index (χ1n) is 6.50. The third-order valence-corrected chi connectivity index (χ3v) is 3.27. The SMILES string of the molecule is CC(Nc1cccc(Cn2cccn2)c1)C(C)(C)O. The molecule has 0 amide bonds. The van der Waals surface area contributed by atoms with E-state index in [9.17, 15) is 5.11 Å². The quantitative estimate of drug-likeness (QED) is 0.867. The molecule has 1 atom stereocenters. The molecule has 1 aromatic heterocycles. The Hall–Kier alpha value is -1.81. The standard InChI is InChI=1S/C15H21N3O/c1-12(15(2,3)19)17-14-7-4-6-13(10-14)11-18-9-5-8-16-18/h4-10,12,17,19H,11H2,1-3H3. The summed E-state index contributed by atoms with van der Waals surface area (Å²) in [6, 6.07) is 10.1. The topological polar surface area (TPSA) is 50.1 Å². The maximum absolute atomic E-state index is 9.95. The maximum atomic E-state index is 9.95. The minimum absolute atomic E-state index is 0.0209. The summed E-state index contributed by atoms with van der Waals surface area (Å²) in [4.78, 5) is 0. The molecule has 4 nitrogen and oxygen atoms in total. The third kappa shape index (κ3) is 3.83. The lowest BCUT2D eigenvalue weighted by Gasteiger charge is -2.27. The molecule has 2 aromatic rings. The zero-order valence-corrected chi connectivity index (χ0v) is 11.7. The first-order chi connectivity index (χ1) is 8.95. The van der Waals surface area contributed by atoms with Gasteiger partial charge >= 0.3 is 0 Å². The first-order valence-corrected chi connectivity index (χ1v) is 6.50. The van der Waals surface area contributed by atoms with Crippen LogP contribution in [0.4, 0.5) is 5.69 Å². The number of rotatable bonds is 5. The van der Waals surface area contributed by atoms with Gasteiger partial charge in [-0.3, -0.25) is 4.68 Å². The van der Waals surface area contributed by atoms with Crippen LogP contribution in [-0.4, -0.2) is 26.5 Å². The molecule has 1 unspecified atom stereocenters. The average molecular weight is 259 g/mol. The Morgan fingerprint density at radius 2 is 2.16 bits per heavy atom. The van der Waals surface area contributed by atoms with Gasteiger partial charge in [0.15, 0.2) is 0 Å². The minimum atomic E-state index is -0.752. The number of aromatic nitrogens is 2. The second-order valence-electron chi connectivity index (χ2n) is 5.42. The highest BCUT2D eigenvalue weighted by Gasteiger charge is 2.21. The van der Waals surface area contributed by atoms with Crippen molar-refractivity contribution in [3.05, 3.63) is 48.3 Å². The van der Waals surface area contributed by atoms with Gasteiger partial charge in [-0.1, -0.05) is 12.1 Å². The Morgan fingerprint density at radius 1 is 1.37 bits per heavy atom. The highest BCUT2D eigenvalue weighted by molar-refractivity contribution is 5.47. The summed E-state index contributed by atoms with van der Waals surface area (Å²) in [5, 5.41) is 17.5. The van der Waals surface area contributed by atoms with E-state index in [4.69, 9.17) is 0 Å². The maximum Gasteiger partial charge on any atom is 0.0789 e.